The normalized spacial score (nSPS) is 15.1. The molecule has 3 aromatic carbocycles. The molecule has 33 heavy (non-hydrogen) atoms. The maximum atomic E-state index is 14.3. The fraction of sp³-hybridized carbons (Fsp3) is 0.217. The molecule has 1 fully saturated rings. The van der Waals surface area contributed by atoms with E-state index in [-0.39, 0.29) is 11.4 Å². The van der Waals surface area contributed by atoms with E-state index in [9.17, 15) is 21.9 Å². The largest absolute Gasteiger partial charge is 0.366 e. The van der Waals surface area contributed by atoms with Crippen LogP contribution in [0.3, 0.4) is 0 Å². The number of piperazine rings is 1. The van der Waals surface area contributed by atoms with Crippen molar-refractivity contribution in [2.75, 3.05) is 40.3 Å². The summed E-state index contributed by atoms with van der Waals surface area (Å²) >= 11 is 3.42. The van der Waals surface area contributed by atoms with Crippen LogP contribution in [0.25, 0.3) is 0 Å². The molecule has 0 amide bonds. The van der Waals surface area contributed by atoms with Gasteiger partial charge in [0, 0.05) is 36.8 Å². The van der Waals surface area contributed by atoms with E-state index in [1.807, 2.05) is 21.9 Å². The predicted octanol–water partition coefficient (Wildman–Crippen LogP) is 6.02. The number of nitrogens with zero attached hydrogens (tertiary/aromatic N) is 3. The van der Waals surface area contributed by atoms with Gasteiger partial charge in [-0.1, -0.05) is 35.9 Å². The zero-order chi connectivity index (χ0) is 23.5. The highest BCUT2D eigenvalue weighted by atomic mass is 35.5. The molecule has 1 N–H and O–H groups in total. The lowest BCUT2D eigenvalue weighted by molar-refractivity contribution is 0.151. The summed E-state index contributed by atoms with van der Waals surface area (Å²) in [5.74, 6) is -0.384. The molecular weight excluding hydrogens is 475 g/mol. The molecule has 0 aromatic heterocycles. The van der Waals surface area contributed by atoms with E-state index in [2.05, 4.69) is 0 Å². The highest BCUT2D eigenvalue weighted by molar-refractivity contribution is 7.81. The van der Waals surface area contributed by atoms with Gasteiger partial charge >= 0.3 is 0 Å². The van der Waals surface area contributed by atoms with Crippen molar-refractivity contribution < 1.29 is 21.9 Å². The van der Waals surface area contributed by atoms with Crippen LogP contribution < -0.4 is 14.1 Å². The van der Waals surface area contributed by atoms with Crippen LogP contribution in [0.15, 0.2) is 66.7 Å². The molecule has 0 bridgehead atoms. The Kier molecular flexibility index (Phi) is 7.11. The molecule has 0 saturated carbocycles. The molecule has 0 spiro atoms. The van der Waals surface area contributed by atoms with Crippen LogP contribution in [-0.2, 0) is 11.3 Å². The van der Waals surface area contributed by atoms with Crippen molar-refractivity contribution in [3.8, 4) is 0 Å². The van der Waals surface area contributed by atoms with Crippen molar-refractivity contribution in [1.29, 1.82) is 0 Å². The van der Waals surface area contributed by atoms with Gasteiger partial charge in [0.1, 0.15) is 5.82 Å². The average molecular weight is 496 g/mol. The summed E-state index contributed by atoms with van der Waals surface area (Å²) in [5, 5.41) is 0.336. The van der Waals surface area contributed by atoms with Gasteiger partial charge in [0.15, 0.2) is 0 Å². The van der Waals surface area contributed by atoms with Gasteiger partial charge in [-0.25, -0.2) is 21.7 Å². The second kappa shape index (κ2) is 10.0. The Morgan fingerprint density at radius 2 is 1.52 bits per heavy atom. The van der Waals surface area contributed by atoms with E-state index < -0.39 is 17.7 Å². The van der Waals surface area contributed by atoms with Gasteiger partial charge in [0.25, 0.3) is 17.7 Å². The minimum atomic E-state index is -2.62. The first-order valence-corrected chi connectivity index (χ1v) is 11.6. The van der Waals surface area contributed by atoms with Crippen LogP contribution in [0, 0.1) is 5.82 Å². The molecule has 1 unspecified atom stereocenters. The molecule has 1 aliphatic rings. The highest BCUT2D eigenvalue weighted by Gasteiger charge is 2.25. The number of alkyl halides is 2. The molecule has 0 aliphatic carbocycles. The van der Waals surface area contributed by atoms with Crippen LogP contribution in [0.1, 0.15) is 12.0 Å². The third kappa shape index (κ3) is 5.10. The van der Waals surface area contributed by atoms with E-state index >= 15 is 0 Å². The maximum absolute atomic E-state index is 14.3. The van der Waals surface area contributed by atoms with Gasteiger partial charge in [0.2, 0.25) is 0 Å². The zero-order valence-corrected chi connectivity index (χ0v) is 18.9. The molecule has 5 nitrogen and oxygen atoms in total. The molecule has 1 saturated heterocycles. The predicted molar refractivity (Wildman–Crippen MR) is 127 cm³/mol. The van der Waals surface area contributed by atoms with Crippen LogP contribution in [-0.4, -0.2) is 34.9 Å². The molecule has 174 valence electrons. The van der Waals surface area contributed by atoms with E-state index in [0.29, 0.717) is 54.0 Å². The fourth-order valence-corrected chi connectivity index (χ4v) is 4.68. The summed E-state index contributed by atoms with van der Waals surface area (Å²) in [5.41, 5.74) is 1.81. The number of hydrogen-bond donors (Lipinski definition) is 1. The van der Waals surface area contributed by atoms with Crippen molar-refractivity contribution in [1.82, 2.24) is 0 Å². The maximum Gasteiger partial charge on any atom is 0.266 e. The van der Waals surface area contributed by atoms with E-state index in [4.69, 9.17) is 11.6 Å². The molecule has 10 heteroatoms. The smallest absolute Gasteiger partial charge is 0.266 e. The Labute approximate surface area is 197 Å². The molecular formula is C23H21ClF3N3O2S. The Morgan fingerprint density at radius 3 is 2.09 bits per heavy atom. The number of anilines is 4. The summed E-state index contributed by atoms with van der Waals surface area (Å²) in [6, 6.07) is 17.0. The summed E-state index contributed by atoms with van der Waals surface area (Å²) in [7, 11) is 0. The third-order valence-corrected chi connectivity index (χ3v) is 6.46. The van der Waals surface area contributed by atoms with Crippen molar-refractivity contribution in [2.24, 2.45) is 0 Å². The van der Waals surface area contributed by atoms with Crippen molar-refractivity contribution in [2.45, 2.75) is 6.43 Å². The number of benzene rings is 3. The summed E-state index contributed by atoms with van der Waals surface area (Å²) in [6.07, 6.45) is -2.62. The Bertz CT molecular complexity index is 1140. The lowest BCUT2D eigenvalue weighted by atomic mass is 10.1. The van der Waals surface area contributed by atoms with Gasteiger partial charge in [0.05, 0.1) is 22.7 Å². The molecule has 3 aromatic rings. The quantitative estimate of drug-likeness (QED) is 0.425. The van der Waals surface area contributed by atoms with Gasteiger partial charge in [-0.2, -0.15) is 0 Å². The minimum Gasteiger partial charge on any atom is -0.366 e. The highest BCUT2D eigenvalue weighted by Crippen LogP contribution is 2.37. The molecule has 1 atom stereocenters. The van der Waals surface area contributed by atoms with Crippen molar-refractivity contribution in [3.63, 3.8) is 0 Å². The second-order valence-electron chi connectivity index (χ2n) is 7.48. The first kappa shape index (κ1) is 23.4. The monoisotopic (exact) mass is 495 g/mol. The summed E-state index contributed by atoms with van der Waals surface area (Å²) in [4.78, 5) is 3.98. The zero-order valence-electron chi connectivity index (χ0n) is 17.4. The van der Waals surface area contributed by atoms with Crippen LogP contribution in [0.4, 0.5) is 35.9 Å². The minimum absolute atomic E-state index is 0.165. The Hall–Kier alpha value is -2.75. The van der Waals surface area contributed by atoms with E-state index in [1.165, 1.54) is 34.6 Å². The standard InChI is InChI=1S/C23H21ClF3N3O2S/c24-17-7-10-20(19(25)15-17)28-11-13-29(14-12-28)21-3-1-2-4-22(21)30(33(31)32)18-8-5-16(6-9-18)23(26)27/h1-10,15,23H,11-14H2,(H,31,32). The average Bonchev–Trinajstić information content (AvgIpc) is 2.80. The first-order valence-electron chi connectivity index (χ1n) is 10.2. The van der Waals surface area contributed by atoms with Crippen LogP contribution in [0.5, 0.6) is 0 Å². The number of para-hydroxylation sites is 2. The molecule has 1 heterocycles. The number of rotatable bonds is 6. The molecule has 1 aliphatic heterocycles. The molecule has 0 radical (unpaired) electrons. The Balaban J connectivity index is 1.58. The van der Waals surface area contributed by atoms with Gasteiger partial charge in [-0.15, -0.1) is 0 Å². The van der Waals surface area contributed by atoms with Crippen LogP contribution >= 0.6 is 11.6 Å². The number of hydrogen-bond acceptors (Lipinski definition) is 3. The Morgan fingerprint density at radius 1 is 0.909 bits per heavy atom. The lowest BCUT2D eigenvalue weighted by Crippen LogP contribution is -2.47. The van der Waals surface area contributed by atoms with Crippen molar-refractivity contribution in [3.05, 3.63) is 83.1 Å². The van der Waals surface area contributed by atoms with E-state index in [1.54, 1.807) is 24.3 Å². The topological polar surface area (TPSA) is 47.0 Å². The van der Waals surface area contributed by atoms with Gasteiger partial charge in [-0.3, -0.25) is 4.55 Å². The van der Waals surface area contributed by atoms with E-state index in [0.717, 1.165) is 0 Å². The second-order valence-corrected chi connectivity index (χ2v) is 8.74. The fourth-order valence-electron chi connectivity index (χ4n) is 3.90. The summed E-state index contributed by atoms with van der Waals surface area (Å²) in [6.45, 7) is 2.18. The summed E-state index contributed by atoms with van der Waals surface area (Å²) < 4.78 is 63.7. The van der Waals surface area contributed by atoms with Gasteiger partial charge in [-0.05, 0) is 42.5 Å². The lowest BCUT2D eigenvalue weighted by Gasteiger charge is -2.39. The molecule has 4 rings (SSSR count). The van der Waals surface area contributed by atoms with Crippen molar-refractivity contribution >= 4 is 45.6 Å². The SMILES string of the molecule is O=S(O)N(c1ccc(C(F)F)cc1)c1ccccc1N1CCN(c2ccc(Cl)cc2F)CC1. The van der Waals surface area contributed by atoms with Crippen LogP contribution in [0.2, 0.25) is 5.02 Å². The third-order valence-electron chi connectivity index (χ3n) is 5.51. The first-order chi connectivity index (χ1) is 15.8. The van der Waals surface area contributed by atoms with Gasteiger partial charge < -0.3 is 9.80 Å². The number of halogens is 4.